The van der Waals surface area contributed by atoms with Crippen LogP contribution in [0.4, 0.5) is 0 Å². The minimum absolute atomic E-state index is 0.304. The Labute approximate surface area is 79.3 Å². The topological polar surface area (TPSA) is 30.0 Å². The molecule has 0 saturated carbocycles. The molecule has 0 amide bonds. The normalized spacial score (nSPS) is 9.64. The molecule has 58 valence electrons. The average Bonchev–Trinajstić information content (AvgIpc) is 2.04. The number of halogens is 2. The first-order valence-electron chi connectivity index (χ1n) is 2.69. The molecule has 0 unspecified atom stereocenters. The quantitative estimate of drug-likeness (QED) is 0.581. The number of hydrogen-bond acceptors (Lipinski definition) is 2. The molecule has 0 aliphatic heterocycles. The van der Waals surface area contributed by atoms with Gasteiger partial charge in [0.15, 0.2) is 0 Å². The van der Waals surface area contributed by atoms with Gasteiger partial charge in [-0.25, -0.2) is 0 Å². The number of rotatable bonds is 2. The van der Waals surface area contributed by atoms with Gasteiger partial charge in [0.05, 0.1) is 0 Å². The summed E-state index contributed by atoms with van der Waals surface area (Å²) in [5.74, 6) is 0. The number of carbonyl (C=O) groups is 1. The van der Waals surface area contributed by atoms with E-state index in [2.05, 4.69) is 4.98 Å². The summed E-state index contributed by atoms with van der Waals surface area (Å²) in [6.07, 6.45) is 1.59. The van der Waals surface area contributed by atoms with Crippen molar-refractivity contribution in [2.75, 3.05) is 0 Å². The molecule has 2 nitrogen and oxygen atoms in total. The number of nitrogens with zero attached hydrogens (tertiary/aromatic N) is 1. The number of aromatic nitrogens is 1. The Morgan fingerprint density at radius 1 is 1.64 bits per heavy atom. The fraction of sp³-hybridized carbons (Fsp3) is 0. The maximum absolute atomic E-state index is 10.7. The van der Waals surface area contributed by atoms with Gasteiger partial charge in [-0.15, -0.1) is 0 Å². The van der Waals surface area contributed by atoms with E-state index in [0.717, 1.165) is 0 Å². The van der Waals surface area contributed by atoms with Gasteiger partial charge in [-0.05, 0) is 0 Å². The fourth-order valence-electron chi connectivity index (χ4n) is 0.602. The van der Waals surface area contributed by atoms with Gasteiger partial charge in [-0.2, -0.15) is 0 Å². The van der Waals surface area contributed by atoms with Crippen molar-refractivity contribution in [1.82, 2.24) is 4.98 Å². The van der Waals surface area contributed by atoms with Crippen LogP contribution >= 0.6 is 21.7 Å². The molecule has 0 aliphatic carbocycles. The predicted molar refractivity (Wildman–Crippen MR) is 45.7 cm³/mol. The zero-order valence-electron chi connectivity index (χ0n) is 5.25. The molecule has 0 fully saturated rings. The van der Waals surface area contributed by atoms with Crippen molar-refractivity contribution in [3.63, 3.8) is 0 Å². The zero-order chi connectivity index (χ0) is 8.27. The molecule has 1 aromatic rings. The van der Waals surface area contributed by atoms with E-state index in [1.54, 1.807) is 18.3 Å². The first-order chi connectivity index (χ1) is 5.25. The second kappa shape index (κ2) is 4.07. The van der Waals surface area contributed by atoms with E-state index in [0.29, 0.717) is 10.2 Å². The molecule has 0 N–H and O–H groups in total. The Hall–Kier alpha value is -0.0805. The summed E-state index contributed by atoms with van der Waals surface area (Å²) in [7, 11) is 5.57. The van der Waals surface area contributed by atoms with Crippen molar-refractivity contribution >= 4 is 45.6 Å². The summed E-state index contributed by atoms with van der Waals surface area (Å²) in [6, 6.07) is 3.27. The summed E-state index contributed by atoms with van der Waals surface area (Å²) >= 11 is 4.96. The Kier molecular flexibility index (Phi) is 3.34. The van der Waals surface area contributed by atoms with Crippen LogP contribution in [-0.2, 0) is 0 Å². The second-order valence-electron chi connectivity index (χ2n) is 1.71. The van der Waals surface area contributed by atoms with Gasteiger partial charge in [0.25, 0.3) is 0 Å². The third kappa shape index (κ3) is 2.17. The fourth-order valence-corrected chi connectivity index (χ4v) is 2.24. The molecule has 0 saturated heterocycles. The minimum atomic E-state index is -0.504. The molecule has 1 heterocycles. The molecular weight excluding hydrogens is 252 g/mol. The van der Waals surface area contributed by atoms with Crippen LogP contribution in [0, 0.1) is 0 Å². The third-order valence-electron chi connectivity index (χ3n) is 1.06. The van der Waals surface area contributed by atoms with Crippen LogP contribution in [0.2, 0.25) is 0 Å². The van der Waals surface area contributed by atoms with Crippen LogP contribution in [0.1, 0.15) is 10.4 Å². The number of hydrogen-bond donors (Lipinski definition) is 0. The van der Waals surface area contributed by atoms with Crippen molar-refractivity contribution in [3.8, 4) is 0 Å². The molecule has 11 heavy (non-hydrogen) atoms. The van der Waals surface area contributed by atoms with Crippen LogP contribution in [0.3, 0.4) is 0 Å². The summed E-state index contributed by atoms with van der Waals surface area (Å²) in [5.41, 5.74) is 0.407. The molecule has 0 radical (unpaired) electrons. The van der Waals surface area contributed by atoms with E-state index in [9.17, 15) is 4.79 Å². The van der Waals surface area contributed by atoms with Gasteiger partial charge in [0, 0.05) is 0 Å². The number of pyridine rings is 1. The van der Waals surface area contributed by atoms with Crippen molar-refractivity contribution in [2.45, 2.75) is 0 Å². The zero-order valence-corrected chi connectivity index (χ0v) is 8.48. The SMILES string of the molecule is O=C(Cl)c1cccnc1[Se]Cl. The second-order valence-corrected chi connectivity index (χ2v) is 3.99. The molecule has 0 aromatic carbocycles. The summed E-state index contributed by atoms with van der Waals surface area (Å²) < 4.78 is 0.585. The van der Waals surface area contributed by atoms with E-state index >= 15 is 0 Å². The van der Waals surface area contributed by atoms with Crippen molar-refractivity contribution in [2.24, 2.45) is 0 Å². The molecule has 0 spiro atoms. The predicted octanol–water partition coefficient (Wildman–Crippen LogP) is 0.944. The van der Waals surface area contributed by atoms with E-state index in [1.807, 2.05) is 0 Å². The van der Waals surface area contributed by atoms with Crippen LogP contribution in [0.5, 0.6) is 0 Å². The van der Waals surface area contributed by atoms with E-state index in [4.69, 9.17) is 21.7 Å². The van der Waals surface area contributed by atoms with Gasteiger partial charge in [-0.3, -0.25) is 0 Å². The molecule has 5 heteroatoms. The molecule has 0 atom stereocenters. The molecule has 1 aromatic heterocycles. The maximum atomic E-state index is 10.7. The first-order valence-corrected chi connectivity index (χ1v) is 6.17. The molecule has 0 aliphatic rings. The number of carbonyl (C=O) groups excluding carboxylic acids is 1. The molecule has 0 bridgehead atoms. The molecular formula is C6H3Cl2NOSe. The van der Waals surface area contributed by atoms with Crippen LogP contribution < -0.4 is 4.59 Å². The first kappa shape index (κ1) is 9.01. The van der Waals surface area contributed by atoms with E-state index in [1.165, 1.54) is 0 Å². The van der Waals surface area contributed by atoms with Gasteiger partial charge >= 0.3 is 79.3 Å². The standard InChI is InChI=1S/C6H3Cl2NOSe/c7-5(10)4-2-1-3-9-6(4)11-8/h1-3H. The van der Waals surface area contributed by atoms with Crippen LogP contribution in [0.15, 0.2) is 18.3 Å². The Morgan fingerprint density at radius 2 is 2.36 bits per heavy atom. The Balaban J connectivity index is 3.12. The van der Waals surface area contributed by atoms with Gasteiger partial charge in [0.2, 0.25) is 0 Å². The van der Waals surface area contributed by atoms with Crippen LogP contribution in [-0.4, -0.2) is 24.3 Å². The van der Waals surface area contributed by atoms with Crippen LogP contribution in [0.25, 0.3) is 0 Å². The van der Waals surface area contributed by atoms with Gasteiger partial charge < -0.3 is 0 Å². The van der Waals surface area contributed by atoms with E-state index in [-0.39, 0.29) is 14.0 Å². The summed E-state index contributed by atoms with van der Waals surface area (Å²) in [5, 5.41) is -0.504. The average molecular weight is 255 g/mol. The van der Waals surface area contributed by atoms with Crippen molar-refractivity contribution in [1.29, 1.82) is 0 Å². The van der Waals surface area contributed by atoms with E-state index < -0.39 is 5.24 Å². The van der Waals surface area contributed by atoms with Gasteiger partial charge in [0.1, 0.15) is 0 Å². The van der Waals surface area contributed by atoms with Crippen molar-refractivity contribution in [3.05, 3.63) is 23.9 Å². The third-order valence-corrected chi connectivity index (χ3v) is 3.01. The summed E-state index contributed by atoms with van der Waals surface area (Å²) in [6.45, 7) is 0. The Morgan fingerprint density at radius 3 is 2.82 bits per heavy atom. The monoisotopic (exact) mass is 255 g/mol. The Bertz CT molecular complexity index is 279. The van der Waals surface area contributed by atoms with Gasteiger partial charge in [-0.1, -0.05) is 0 Å². The molecule has 1 rings (SSSR count). The summed E-state index contributed by atoms with van der Waals surface area (Å²) in [4.78, 5) is 14.6. The van der Waals surface area contributed by atoms with Crippen molar-refractivity contribution < 1.29 is 4.79 Å².